The van der Waals surface area contributed by atoms with Crippen LogP contribution in [0.3, 0.4) is 0 Å². The second-order valence-corrected chi connectivity index (χ2v) is 9.02. The van der Waals surface area contributed by atoms with E-state index in [0.29, 0.717) is 6.61 Å². The fourth-order valence-electron chi connectivity index (χ4n) is 1.74. The highest BCUT2D eigenvalue weighted by Gasteiger charge is 2.34. The summed E-state index contributed by atoms with van der Waals surface area (Å²) in [5, 5.41) is 0. The van der Waals surface area contributed by atoms with Crippen LogP contribution in [0.15, 0.2) is 12.2 Å². The Hall–Kier alpha value is -0.123. The lowest BCUT2D eigenvalue weighted by Crippen LogP contribution is -2.47. The summed E-state index contributed by atoms with van der Waals surface area (Å²) < 4.78 is 11.9. The van der Waals surface area contributed by atoms with Crippen LogP contribution in [0.4, 0.5) is 0 Å². The van der Waals surface area contributed by atoms with Crippen molar-refractivity contribution in [3.63, 3.8) is 0 Å². The normalized spacial score (nSPS) is 14.3. The second-order valence-electron chi connectivity index (χ2n) is 4.94. The van der Waals surface area contributed by atoms with Crippen molar-refractivity contribution in [3.05, 3.63) is 12.2 Å². The third kappa shape index (κ3) is 6.13. The van der Waals surface area contributed by atoms with Gasteiger partial charge >= 0.3 is 0 Å². The monoisotopic (exact) mass is 230 g/mol. The fourth-order valence-corrected chi connectivity index (χ4v) is 4.57. The zero-order valence-corrected chi connectivity index (χ0v) is 12.1. The molecule has 1 atom stereocenters. The highest BCUT2D eigenvalue weighted by Crippen LogP contribution is 2.19. The van der Waals surface area contributed by atoms with Crippen molar-refractivity contribution in [3.8, 4) is 0 Å². The van der Waals surface area contributed by atoms with Crippen LogP contribution in [0.1, 0.15) is 34.1 Å². The maximum Gasteiger partial charge on any atom is 0.215 e. The van der Waals surface area contributed by atoms with Crippen LogP contribution in [0, 0.1) is 0 Å². The molecule has 1 unspecified atom stereocenters. The summed E-state index contributed by atoms with van der Waals surface area (Å²) in [5.74, 6) is 0. The van der Waals surface area contributed by atoms with E-state index >= 15 is 0 Å². The lowest BCUT2D eigenvalue weighted by molar-refractivity contribution is 0.0883. The third-order valence-corrected chi connectivity index (χ3v) is 5.42. The molecule has 90 valence electrons. The van der Waals surface area contributed by atoms with Crippen molar-refractivity contribution in [1.29, 1.82) is 0 Å². The Kier molecular flexibility index (Phi) is 6.40. The van der Waals surface area contributed by atoms with Crippen LogP contribution in [-0.2, 0) is 9.16 Å². The molecule has 0 fully saturated rings. The Balaban J connectivity index is 4.29. The first-order chi connectivity index (χ1) is 6.79. The molecule has 0 aliphatic rings. The topological polar surface area (TPSA) is 18.5 Å². The smallest absolute Gasteiger partial charge is 0.215 e. The van der Waals surface area contributed by atoms with Gasteiger partial charge in [-0.05, 0) is 40.3 Å². The minimum absolute atomic E-state index is 0.261. The Labute approximate surface area is 95.8 Å². The highest BCUT2D eigenvalue weighted by atomic mass is 28.4. The van der Waals surface area contributed by atoms with Crippen LogP contribution in [-0.4, -0.2) is 26.8 Å². The van der Waals surface area contributed by atoms with E-state index in [1.54, 1.807) is 0 Å². The van der Waals surface area contributed by atoms with Crippen molar-refractivity contribution in [2.24, 2.45) is 0 Å². The van der Waals surface area contributed by atoms with Crippen molar-refractivity contribution in [1.82, 2.24) is 0 Å². The summed E-state index contributed by atoms with van der Waals surface area (Å²) in [7, 11) is -1.73. The van der Waals surface area contributed by atoms with Gasteiger partial charge < -0.3 is 9.16 Å². The molecule has 15 heavy (non-hydrogen) atoms. The first kappa shape index (κ1) is 14.9. The average molecular weight is 230 g/mol. The molecule has 0 aromatic rings. The van der Waals surface area contributed by atoms with Gasteiger partial charge in [0.25, 0.3) is 0 Å². The van der Waals surface area contributed by atoms with Gasteiger partial charge in [0, 0.05) is 6.10 Å². The van der Waals surface area contributed by atoms with E-state index in [1.807, 2.05) is 6.92 Å². The molecule has 3 heteroatoms. The minimum Gasteiger partial charge on any atom is -0.412 e. The summed E-state index contributed by atoms with van der Waals surface area (Å²) >= 11 is 0. The van der Waals surface area contributed by atoms with Gasteiger partial charge in [0.2, 0.25) is 8.32 Å². The predicted molar refractivity (Wildman–Crippen MR) is 68.5 cm³/mol. The molecule has 0 aliphatic carbocycles. The fraction of sp³-hybridized carbons (Fsp3) is 0.833. The largest absolute Gasteiger partial charge is 0.412 e. The van der Waals surface area contributed by atoms with E-state index in [9.17, 15) is 0 Å². The Bertz CT molecular complexity index is 200. The number of hydrogen-bond donors (Lipinski definition) is 0. The first-order valence-electron chi connectivity index (χ1n) is 5.73. The maximum absolute atomic E-state index is 6.01. The number of ether oxygens (including phenoxy) is 1. The third-order valence-electron chi connectivity index (χ3n) is 2.22. The lowest BCUT2D eigenvalue weighted by Gasteiger charge is -2.33. The standard InChI is InChI=1S/C12H26O2Si/c1-8-12(13-9-10(2)3)15(6,7)14-11(4)5/h11-12H,2,8-9H2,1,3-7H3. The molecular weight excluding hydrogens is 204 g/mol. The van der Waals surface area contributed by atoms with Gasteiger partial charge in [-0.25, -0.2) is 0 Å². The quantitative estimate of drug-likeness (QED) is 0.492. The summed E-state index contributed by atoms with van der Waals surface area (Å²) in [6.07, 6.45) is 1.30. The summed E-state index contributed by atoms with van der Waals surface area (Å²) in [6, 6.07) is 0. The Morgan fingerprint density at radius 2 is 1.87 bits per heavy atom. The van der Waals surface area contributed by atoms with Gasteiger partial charge in [-0.15, -0.1) is 0 Å². The van der Waals surface area contributed by atoms with Gasteiger partial charge in [0.1, 0.15) is 0 Å². The van der Waals surface area contributed by atoms with Gasteiger partial charge in [0.15, 0.2) is 0 Å². The van der Waals surface area contributed by atoms with Gasteiger partial charge in [-0.1, -0.05) is 19.1 Å². The van der Waals surface area contributed by atoms with Gasteiger partial charge in [0.05, 0.1) is 12.3 Å². The van der Waals surface area contributed by atoms with E-state index < -0.39 is 8.32 Å². The zero-order chi connectivity index (χ0) is 12.1. The lowest BCUT2D eigenvalue weighted by atomic mass is 10.4. The molecule has 0 N–H and O–H groups in total. The molecule has 0 aromatic carbocycles. The van der Waals surface area contributed by atoms with Crippen molar-refractivity contribution < 1.29 is 9.16 Å². The van der Waals surface area contributed by atoms with Crippen molar-refractivity contribution in [2.75, 3.05) is 6.61 Å². The molecule has 0 radical (unpaired) electrons. The molecule has 0 heterocycles. The van der Waals surface area contributed by atoms with Crippen LogP contribution < -0.4 is 0 Å². The molecule has 0 spiro atoms. The van der Waals surface area contributed by atoms with Crippen LogP contribution in [0.2, 0.25) is 13.1 Å². The van der Waals surface area contributed by atoms with Gasteiger partial charge in [-0.2, -0.15) is 0 Å². The molecule has 0 saturated heterocycles. The molecule has 0 aromatic heterocycles. The first-order valence-corrected chi connectivity index (χ1v) is 8.72. The van der Waals surface area contributed by atoms with E-state index in [1.165, 1.54) is 0 Å². The summed E-state index contributed by atoms with van der Waals surface area (Å²) in [6.45, 7) is 17.3. The number of hydrogen-bond acceptors (Lipinski definition) is 2. The summed E-state index contributed by atoms with van der Waals surface area (Å²) in [4.78, 5) is 0. The van der Waals surface area contributed by atoms with Crippen LogP contribution >= 0.6 is 0 Å². The van der Waals surface area contributed by atoms with Crippen molar-refractivity contribution in [2.45, 2.75) is 59.0 Å². The van der Waals surface area contributed by atoms with Crippen molar-refractivity contribution >= 4 is 8.32 Å². The Morgan fingerprint density at radius 1 is 1.33 bits per heavy atom. The van der Waals surface area contributed by atoms with Crippen LogP contribution in [0.5, 0.6) is 0 Å². The molecular formula is C12H26O2Si. The van der Waals surface area contributed by atoms with Gasteiger partial charge in [-0.3, -0.25) is 0 Å². The molecule has 0 rings (SSSR count). The predicted octanol–water partition coefficient (Wildman–Crippen LogP) is 3.53. The van der Waals surface area contributed by atoms with E-state index in [0.717, 1.165) is 12.0 Å². The highest BCUT2D eigenvalue weighted by molar-refractivity contribution is 6.72. The molecule has 0 amide bonds. The van der Waals surface area contributed by atoms with Crippen LogP contribution in [0.25, 0.3) is 0 Å². The van der Waals surface area contributed by atoms with E-state index in [2.05, 4.69) is 40.4 Å². The maximum atomic E-state index is 6.01. The number of rotatable bonds is 7. The average Bonchev–Trinajstić information content (AvgIpc) is 2.01. The SMILES string of the molecule is C=C(C)COC(CC)[Si](C)(C)OC(C)C. The second kappa shape index (κ2) is 6.46. The molecule has 0 aliphatic heterocycles. The molecule has 2 nitrogen and oxygen atoms in total. The molecule has 0 bridgehead atoms. The zero-order valence-electron chi connectivity index (χ0n) is 11.1. The summed E-state index contributed by atoms with van der Waals surface area (Å²) in [5.41, 5.74) is 1.33. The molecule has 0 saturated carbocycles. The minimum atomic E-state index is -1.73. The Morgan fingerprint density at radius 3 is 2.20 bits per heavy atom. The van der Waals surface area contributed by atoms with E-state index in [-0.39, 0.29) is 11.8 Å². The van der Waals surface area contributed by atoms with E-state index in [4.69, 9.17) is 9.16 Å².